The van der Waals surface area contributed by atoms with Gasteiger partial charge in [0.1, 0.15) is 17.4 Å². The number of esters is 1. The minimum Gasteiger partial charge on any atom is -0.465 e. The summed E-state index contributed by atoms with van der Waals surface area (Å²) >= 11 is 0. The van der Waals surface area contributed by atoms with Gasteiger partial charge in [0.05, 0.1) is 6.61 Å². The third-order valence-electron chi connectivity index (χ3n) is 6.78. The molecule has 1 unspecified atom stereocenters. The van der Waals surface area contributed by atoms with Crippen molar-refractivity contribution in [2.24, 2.45) is 17.8 Å². The number of carbonyl (C=O) groups is 1. The Labute approximate surface area is 178 Å². The predicted octanol–water partition coefficient (Wildman–Crippen LogP) is 5.00. The first kappa shape index (κ1) is 19.4. The molecule has 5 rings (SSSR count). The highest BCUT2D eigenvalue weighted by molar-refractivity contribution is 5.85. The molecule has 2 aromatic rings. The molecule has 0 spiro atoms. The van der Waals surface area contributed by atoms with Crippen molar-refractivity contribution in [2.45, 2.75) is 26.2 Å². The summed E-state index contributed by atoms with van der Waals surface area (Å²) in [5.74, 6) is 2.83. The Morgan fingerprint density at radius 2 is 1.63 bits per heavy atom. The molecule has 2 aromatic carbocycles. The number of rotatable bonds is 6. The van der Waals surface area contributed by atoms with Crippen molar-refractivity contribution in [2.75, 3.05) is 26.2 Å². The standard InChI is InChI=1S/C26H29NO3/c1-17(2)8-7-13-27-14-20-21(15-27)22(20)16-29-26(28)25-18-9-3-5-11-23(18)30-24-12-6-4-10-19(24)25/h3-6,8-12,20-22,25H,7,13-16H2,1-2H3/t20-,21+,22?. The average molecular weight is 404 g/mol. The van der Waals surface area contributed by atoms with E-state index in [2.05, 4.69) is 24.8 Å². The van der Waals surface area contributed by atoms with Crippen LogP contribution in [0.5, 0.6) is 11.5 Å². The number of hydrogen-bond donors (Lipinski definition) is 0. The maximum Gasteiger partial charge on any atom is 0.318 e. The van der Waals surface area contributed by atoms with Crippen LogP contribution < -0.4 is 4.74 Å². The van der Waals surface area contributed by atoms with Crippen LogP contribution in [0.15, 0.2) is 60.2 Å². The topological polar surface area (TPSA) is 38.8 Å². The molecular weight excluding hydrogens is 374 g/mol. The molecule has 0 amide bonds. The lowest BCUT2D eigenvalue weighted by atomic mass is 9.88. The van der Waals surface area contributed by atoms with Crippen LogP contribution in [-0.4, -0.2) is 37.1 Å². The van der Waals surface area contributed by atoms with Crippen LogP contribution in [0.1, 0.15) is 37.3 Å². The SMILES string of the molecule is CC(C)=CCCN1C[C@@H]2C(COC(=O)C3c4ccccc4Oc4ccccc43)[C@@H]2C1. The number of allylic oxidation sites excluding steroid dienone is 1. The van der Waals surface area contributed by atoms with Gasteiger partial charge in [-0.25, -0.2) is 0 Å². The number of nitrogens with zero attached hydrogens (tertiary/aromatic N) is 1. The van der Waals surface area contributed by atoms with Gasteiger partial charge >= 0.3 is 5.97 Å². The van der Waals surface area contributed by atoms with Gasteiger partial charge in [-0.15, -0.1) is 0 Å². The van der Waals surface area contributed by atoms with Crippen molar-refractivity contribution >= 4 is 5.97 Å². The zero-order valence-electron chi connectivity index (χ0n) is 17.7. The largest absolute Gasteiger partial charge is 0.465 e. The molecule has 2 aliphatic heterocycles. The number of hydrogen-bond acceptors (Lipinski definition) is 4. The molecule has 2 fully saturated rings. The van der Waals surface area contributed by atoms with Crippen LogP contribution in [0, 0.1) is 17.8 Å². The lowest BCUT2D eigenvalue weighted by molar-refractivity contribution is -0.145. The van der Waals surface area contributed by atoms with Crippen LogP contribution >= 0.6 is 0 Å². The Bertz CT molecular complexity index is 920. The van der Waals surface area contributed by atoms with Crippen molar-refractivity contribution in [3.8, 4) is 11.5 Å². The average Bonchev–Trinajstić information content (AvgIpc) is 3.20. The smallest absolute Gasteiger partial charge is 0.318 e. The van der Waals surface area contributed by atoms with E-state index < -0.39 is 5.92 Å². The van der Waals surface area contributed by atoms with Gasteiger partial charge in [0, 0.05) is 36.7 Å². The minimum atomic E-state index is -0.412. The molecule has 0 bridgehead atoms. The number of fused-ring (bicyclic) bond motifs is 3. The monoisotopic (exact) mass is 403 g/mol. The van der Waals surface area contributed by atoms with Crippen molar-refractivity contribution in [3.63, 3.8) is 0 Å². The molecule has 0 radical (unpaired) electrons. The zero-order valence-corrected chi connectivity index (χ0v) is 17.7. The molecule has 2 heterocycles. The summed E-state index contributed by atoms with van der Waals surface area (Å²) in [6.45, 7) is 8.28. The van der Waals surface area contributed by atoms with Crippen molar-refractivity contribution in [1.82, 2.24) is 4.90 Å². The van der Waals surface area contributed by atoms with Gasteiger partial charge in [-0.3, -0.25) is 4.79 Å². The maximum absolute atomic E-state index is 13.2. The molecule has 3 aliphatic rings. The van der Waals surface area contributed by atoms with E-state index in [1.165, 1.54) is 5.57 Å². The van der Waals surface area contributed by atoms with Crippen molar-refractivity contribution < 1.29 is 14.3 Å². The van der Waals surface area contributed by atoms with E-state index in [4.69, 9.17) is 9.47 Å². The molecule has 3 atom stereocenters. The fourth-order valence-electron chi connectivity index (χ4n) is 5.13. The molecular formula is C26H29NO3. The normalized spacial score (nSPS) is 24.3. The third kappa shape index (κ3) is 3.65. The van der Waals surface area contributed by atoms with E-state index in [0.717, 1.165) is 48.7 Å². The Morgan fingerprint density at radius 1 is 1.03 bits per heavy atom. The number of piperidine rings is 1. The highest BCUT2D eigenvalue weighted by atomic mass is 16.5. The molecule has 0 aromatic heterocycles. The number of likely N-dealkylation sites (tertiary alicyclic amines) is 1. The maximum atomic E-state index is 13.2. The fraction of sp³-hybridized carbons (Fsp3) is 0.423. The highest BCUT2D eigenvalue weighted by Crippen LogP contribution is 2.52. The molecule has 4 heteroatoms. The van der Waals surface area contributed by atoms with Gasteiger partial charge in [0.2, 0.25) is 0 Å². The van der Waals surface area contributed by atoms with Crippen LogP contribution in [0.4, 0.5) is 0 Å². The second-order valence-corrected chi connectivity index (χ2v) is 9.06. The summed E-state index contributed by atoms with van der Waals surface area (Å²) in [6, 6.07) is 15.5. The summed E-state index contributed by atoms with van der Waals surface area (Å²) in [6.07, 6.45) is 3.44. The highest BCUT2D eigenvalue weighted by Gasteiger charge is 2.55. The summed E-state index contributed by atoms with van der Waals surface area (Å²) < 4.78 is 11.9. The number of carbonyl (C=O) groups excluding carboxylic acids is 1. The number of para-hydroxylation sites is 2. The molecule has 1 saturated carbocycles. The van der Waals surface area contributed by atoms with E-state index in [0.29, 0.717) is 24.4 Å². The second kappa shape index (κ2) is 7.92. The van der Waals surface area contributed by atoms with Crippen LogP contribution in [-0.2, 0) is 9.53 Å². The summed E-state index contributed by atoms with van der Waals surface area (Å²) in [7, 11) is 0. The van der Waals surface area contributed by atoms with Gasteiger partial charge < -0.3 is 14.4 Å². The number of ether oxygens (including phenoxy) is 2. The minimum absolute atomic E-state index is 0.163. The Balaban J connectivity index is 1.20. The zero-order chi connectivity index (χ0) is 20.7. The lowest BCUT2D eigenvalue weighted by Crippen LogP contribution is -2.27. The molecule has 4 nitrogen and oxygen atoms in total. The Kier molecular flexibility index (Phi) is 5.11. The van der Waals surface area contributed by atoms with E-state index >= 15 is 0 Å². The summed E-state index contributed by atoms with van der Waals surface area (Å²) in [5.41, 5.74) is 3.17. The molecule has 0 N–H and O–H groups in total. The van der Waals surface area contributed by atoms with Gasteiger partial charge in [-0.05, 0) is 44.2 Å². The first-order chi connectivity index (χ1) is 14.6. The predicted molar refractivity (Wildman–Crippen MR) is 117 cm³/mol. The van der Waals surface area contributed by atoms with Gasteiger partial charge in [-0.1, -0.05) is 48.0 Å². The first-order valence-corrected chi connectivity index (χ1v) is 11.0. The quantitative estimate of drug-likeness (QED) is 0.502. The van der Waals surface area contributed by atoms with Crippen molar-refractivity contribution in [1.29, 1.82) is 0 Å². The van der Waals surface area contributed by atoms with E-state index in [9.17, 15) is 4.79 Å². The van der Waals surface area contributed by atoms with E-state index in [1.54, 1.807) is 0 Å². The van der Waals surface area contributed by atoms with Crippen LogP contribution in [0.25, 0.3) is 0 Å². The molecule has 1 saturated heterocycles. The van der Waals surface area contributed by atoms with Crippen molar-refractivity contribution in [3.05, 3.63) is 71.3 Å². The third-order valence-corrected chi connectivity index (χ3v) is 6.78. The lowest BCUT2D eigenvalue weighted by Gasteiger charge is -2.27. The van der Waals surface area contributed by atoms with E-state index in [-0.39, 0.29) is 5.97 Å². The van der Waals surface area contributed by atoms with Gasteiger partial charge in [0.25, 0.3) is 0 Å². The molecule has 1 aliphatic carbocycles. The van der Waals surface area contributed by atoms with Gasteiger partial charge in [-0.2, -0.15) is 0 Å². The Morgan fingerprint density at radius 3 is 2.23 bits per heavy atom. The second-order valence-electron chi connectivity index (χ2n) is 9.06. The summed E-state index contributed by atoms with van der Waals surface area (Å²) in [5, 5.41) is 0. The van der Waals surface area contributed by atoms with Crippen LogP contribution in [0.2, 0.25) is 0 Å². The van der Waals surface area contributed by atoms with Gasteiger partial charge in [0.15, 0.2) is 0 Å². The number of benzene rings is 2. The van der Waals surface area contributed by atoms with Crippen LogP contribution in [0.3, 0.4) is 0 Å². The first-order valence-electron chi connectivity index (χ1n) is 11.0. The summed E-state index contributed by atoms with van der Waals surface area (Å²) in [4.78, 5) is 15.7. The van der Waals surface area contributed by atoms with E-state index in [1.807, 2.05) is 48.5 Å². The molecule has 30 heavy (non-hydrogen) atoms. The Hall–Kier alpha value is -2.59. The molecule has 156 valence electrons. The fourth-order valence-corrected chi connectivity index (χ4v) is 5.13.